The van der Waals surface area contributed by atoms with Gasteiger partial charge in [0.1, 0.15) is 27.2 Å². The van der Waals surface area contributed by atoms with Gasteiger partial charge in [-0.05, 0) is 18.2 Å². The molecule has 0 radical (unpaired) electrons. The highest BCUT2D eigenvalue weighted by atomic mass is 32.1. The zero-order valence-corrected chi connectivity index (χ0v) is 20.9. The monoisotopic (exact) mass is 500 g/mol. The molecule has 0 aliphatic rings. The Labute approximate surface area is 205 Å². The summed E-state index contributed by atoms with van der Waals surface area (Å²) in [6.45, 7) is 0. The highest BCUT2D eigenvalue weighted by molar-refractivity contribution is 7.23. The lowest BCUT2D eigenvalue weighted by molar-refractivity contribution is 0.324. The minimum absolute atomic E-state index is 0.387. The van der Waals surface area contributed by atoms with E-state index >= 15 is 0 Å². The highest BCUT2D eigenvalue weighted by Crippen LogP contribution is 2.43. The third-order valence-electron chi connectivity index (χ3n) is 4.95. The van der Waals surface area contributed by atoms with Gasteiger partial charge in [-0.1, -0.05) is 11.3 Å². The van der Waals surface area contributed by atoms with Gasteiger partial charge >= 0.3 is 0 Å². The molecule has 0 saturated heterocycles. The summed E-state index contributed by atoms with van der Waals surface area (Å²) in [4.78, 5) is 10.0. The Morgan fingerprint density at radius 2 is 1.53 bits per heavy atom. The van der Waals surface area contributed by atoms with Gasteiger partial charge in [-0.2, -0.15) is 0 Å². The average molecular weight is 501 g/mol. The minimum Gasteiger partial charge on any atom is -0.497 e. The first-order valence-corrected chi connectivity index (χ1v) is 11.7. The smallest absolute Gasteiger partial charge is 0.203 e. The third-order valence-corrected chi connectivity index (χ3v) is 6.93. The minimum atomic E-state index is 0.387. The predicted molar refractivity (Wildman–Crippen MR) is 136 cm³/mol. The molecule has 0 saturated carbocycles. The van der Waals surface area contributed by atoms with E-state index in [1.54, 1.807) is 47.7 Å². The van der Waals surface area contributed by atoms with Gasteiger partial charge in [0.2, 0.25) is 5.75 Å². The van der Waals surface area contributed by atoms with Crippen LogP contribution >= 0.6 is 22.7 Å². The number of hydrogen-bond donors (Lipinski definition) is 2. The number of nitrogens with two attached hydrogens (primary N) is 1. The van der Waals surface area contributed by atoms with E-state index in [2.05, 4.69) is 10.3 Å². The van der Waals surface area contributed by atoms with Gasteiger partial charge in [0, 0.05) is 28.8 Å². The summed E-state index contributed by atoms with van der Waals surface area (Å²) in [5, 5.41) is 6.58. The summed E-state index contributed by atoms with van der Waals surface area (Å²) in [5.41, 5.74) is 8.57. The molecule has 34 heavy (non-hydrogen) atoms. The van der Waals surface area contributed by atoms with Crippen LogP contribution in [0.3, 0.4) is 0 Å². The van der Waals surface area contributed by atoms with E-state index in [1.165, 1.54) is 22.7 Å². The Balaban J connectivity index is 1.64. The lowest BCUT2D eigenvalue weighted by Crippen LogP contribution is -1.97. The number of nitrogens with one attached hydrogen (secondary N) is 1. The highest BCUT2D eigenvalue weighted by Gasteiger charge is 2.19. The van der Waals surface area contributed by atoms with Gasteiger partial charge in [0.05, 0.1) is 41.2 Å². The van der Waals surface area contributed by atoms with Crippen molar-refractivity contribution in [3.63, 3.8) is 0 Å². The van der Waals surface area contributed by atoms with Crippen molar-refractivity contribution in [2.45, 2.75) is 0 Å². The SMILES string of the molecule is COc1ccc(OC)c(-c2csc(-c3sc(Nc4cc(OC)c(OC)c(OC)c4)nc3N)n2)c1. The van der Waals surface area contributed by atoms with E-state index in [9.17, 15) is 0 Å². The van der Waals surface area contributed by atoms with Crippen molar-refractivity contribution in [3.05, 3.63) is 35.7 Å². The maximum atomic E-state index is 6.25. The molecule has 2 aromatic carbocycles. The van der Waals surface area contributed by atoms with E-state index in [4.69, 9.17) is 34.4 Å². The summed E-state index contributed by atoms with van der Waals surface area (Å²) in [6.07, 6.45) is 0. The van der Waals surface area contributed by atoms with E-state index in [0.29, 0.717) is 33.9 Å². The van der Waals surface area contributed by atoms with Crippen LogP contribution in [0.5, 0.6) is 28.7 Å². The molecule has 0 amide bonds. The molecule has 2 heterocycles. The molecule has 11 heteroatoms. The summed E-state index contributed by atoms with van der Waals surface area (Å²) < 4.78 is 27.1. The van der Waals surface area contributed by atoms with E-state index in [-0.39, 0.29) is 0 Å². The second-order valence-electron chi connectivity index (χ2n) is 6.88. The van der Waals surface area contributed by atoms with Gasteiger partial charge in [-0.3, -0.25) is 0 Å². The Kier molecular flexibility index (Phi) is 6.94. The fraction of sp³-hybridized carbons (Fsp3) is 0.217. The van der Waals surface area contributed by atoms with Crippen molar-refractivity contribution in [1.29, 1.82) is 0 Å². The van der Waals surface area contributed by atoms with Gasteiger partial charge in [0.25, 0.3) is 0 Å². The predicted octanol–water partition coefficient (Wildman–Crippen LogP) is 5.30. The fourth-order valence-corrected chi connectivity index (χ4v) is 5.16. The molecule has 0 fully saturated rings. The molecule has 9 nitrogen and oxygen atoms in total. The largest absolute Gasteiger partial charge is 0.497 e. The van der Waals surface area contributed by atoms with Gasteiger partial charge in [0.15, 0.2) is 16.6 Å². The Morgan fingerprint density at radius 3 is 2.15 bits per heavy atom. The maximum Gasteiger partial charge on any atom is 0.203 e. The van der Waals surface area contributed by atoms with Crippen LogP contribution in [0.4, 0.5) is 16.6 Å². The van der Waals surface area contributed by atoms with Crippen molar-refractivity contribution in [1.82, 2.24) is 9.97 Å². The molecule has 0 unspecified atom stereocenters. The molecule has 178 valence electrons. The van der Waals surface area contributed by atoms with Crippen LogP contribution in [-0.4, -0.2) is 45.5 Å². The number of ether oxygens (including phenoxy) is 5. The van der Waals surface area contributed by atoms with Crippen LogP contribution in [0.25, 0.3) is 21.1 Å². The zero-order valence-electron chi connectivity index (χ0n) is 19.3. The molecule has 0 atom stereocenters. The van der Waals surface area contributed by atoms with Gasteiger partial charge in [-0.15, -0.1) is 11.3 Å². The maximum absolute atomic E-state index is 6.25. The Morgan fingerprint density at radius 1 is 0.824 bits per heavy atom. The molecule has 0 aliphatic carbocycles. The van der Waals surface area contributed by atoms with E-state index in [0.717, 1.165) is 32.6 Å². The number of hydrogen-bond acceptors (Lipinski definition) is 11. The number of benzene rings is 2. The molecule has 2 aromatic heterocycles. The van der Waals surface area contributed by atoms with Crippen LogP contribution in [0.2, 0.25) is 0 Å². The first-order valence-electron chi connectivity index (χ1n) is 10.0. The van der Waals surface area contributed by atoms with Crippen LogP contribution < -0.4 is 34.7 Å². The summed E-state index contributed by atoms with van der Waals surface area (Å²) in [6, 6.07) is 9.20. The normalized spacial score (nSPS) is 10.6. The molecule has 3 N–H and O–H groups in total. The molecular formula is C23H24N4O5S2. The molecule has 4 rings (SSSR count). The van der Waals surface area contributed by atoms with Crippen molar-refractivity contribution < 1.29 is 23.7 Å². The fourth-order valence-electron chi connectivity index (χ4n) is 3.33. The zero-order chi connectivity index (χ0) is 24.2. The second kappa shape index (κ2) is 10.1. The first-order chi connectivity index (χ1) is 16.5. The summed E-state index contributed by atoms with van der Waals surface area (Å²) in [7, 11) is 7.94. The lowest BCUT2D eigenvalue weighted by Gasteiger charge is -2.14. The van der Waals surface area contributed by atoms with Crippen LogP contribution in [0, 0.1) is 0 Å². The number of methoxy groups -OCH3 is 5. The second-order valence-corrected chi connectivity index (χ2v) is 8.73. The van der Waals surface area contributed by atoms with Crippen molar-refractivity contribution in [3.8, 4) is 49.9 Å². The number of nitrogens with zero attached hydrogens (tertiary/aromatic N) is 2. The number of anilines is 3. The molecule has 0 bridgehead atoms. The average Bonchev–Trinajstić information content (AvgIpc) is 3.49. The number of rotatable bonds is 9. The van der Waals surface area contributed by atoms with Crippen molar-refractivity contribution in [2.24, 2.45) is 0 Å². The molecular weight excluding hydrogens is 476 g/mol. The lowest BCUT2D eigenvalue weighted by atomic mass is 10.1. The van der Waals surface area contributed by atoms with Crippen LogP contribution in [0.1, 0.15) is 0 Å². The van der Waals surface area contributed by atoms with Crippen LogP contribution in [-0.2, 0) is 0 Å². The van der Waals surface area contributed by atoms with Crippen molar-refractivity contribution in [2.75, 3.05) is 46.6 Å². The standard InChI is InChI=1S/C23H24N4O5S2/c1-28-13-6-7-16(29-2)14(10-13)15-11-33-22(26-15)20-21(24)27-23(34-20)25-12-8-17(30-3)19(32-5)18(9-12)31-4/h6-11H,24H2,1-5H3,(H,25,27). The Bertz CT molecular complexity index is 1280. The molecule has 0 spiro atoms. The molecule has 0 aliphatic heterocycles. The summed E-state index contributed by atoms with van der Waals surface area (Å²) in [5.74, 6) is 3.40. The number of aromatic nitrogens is 2. The Hall–Kier alpha value is -3.70. The number of nitrogen functional groups attached to an aromatic ring is 1. The topological polar surface area (TPSA) is 110 Å². The van der Waals surface area contributed by atoms with Crippen molar-refractivity contribution >= 4 is 39.3 Å². The van der Waals surface area contributed by atoms with E-state index < -0.39 is 0 Å². The van der Waals surface area contributed by atoms with Crippen LogP contribution in [0.15, 0.2) is 35.7 Å². The summed E-state index contributed by atoms with van der Waals surface area (Å²) >= 11 is 2.88. The quantitative estimate of drug-likeness (QED) is 0.316. The number of thiazole rings is 2. The van der Waals surface area contributed by atoms with E-state index in [1.807, 2.05) is 23.6 Å². The van der Waals surface area contributed by atoms with Gasteiger partial charge in [-0.25, -0.2) is 9.97 Å². The third kappa shape index (κ3) is 4.52. The molecule has 4 aromatic rings. The first kappa shape index (κ1) is 23.5. The van der Waals surface area contributed by atoms with Gasteiger partial charge < -0.3 is 34.7 Å².